The fourth-order valence-corrected chi connectivity index (χ4v) is 3.56. The van der Waals surface area contributed by atoms with Crippen LogP contribution in [0.4, 0.5) is 0 Å². The molecule has 0 spiro atoms. The quantitative estimate of drug-likeness (QED) is 0.773. The predicted molar refractivity (Wildman–Crippen MR) is 80.2 cm³/mol. The second kappa shape index (κ2) is 6.36. The van der Waals surface area contributed by atoms with E-state index in [0.717, 1.165) is 37.5 Å². The van der Waals surface area contributed by atoms with Crippen LogP contribution in [0.5, 0.6) is 0 Å². The van der Waals surface area contributed by atoms with Crippen molar-refractivity contribution in [3.63, 3.8) is 0 Å². The highest BCUT2D eigenvalue weighted by Crippen LogP contribution is 2.34. The second-order valence-corrected chi connectivity index (χ2v) is 6.51. The molecule has 1 saturated carbocycles. The lowest BCUT2D eigenvalue weighted by Crippen LogP contribution is -2.26. The van der Waals surface area contributed by atoms with Gasteiger partial charge in [0.2, 0.25) is 0 Å². The number of Topliss-reactive ketones (excluding diaryl/α,β-unsaturated/α-hetero) is 1. The molecule has 1 aliphatic carbocycles. The molecule has 0 bridgehead atoms. The lowest BCUT2D eigenvalue weighted by Gasteiger charge is -2.30. The summed E-state index contributed by atoms with van der Waals surface area (Å²) in [6.07, 6.45) is 5.13. The minimum atomic E-state index is 0.322. The van der Waals surface area contributed by atoms with Crippen molar-refractivity contribution in [2.75, 3.05) is 0 Å². The normalized spacial score (nSPS) is 27.2. The van der Waals surface area contributed by atoms with Gasteiger partial charge in [-0.25, -0.2) is 0 Å². The molecule has 1 aliphatic rings. The summed E-state index contributed by atoms with van der Waals surface area (Å²) in [6, 6.07) is 8.40. The van der Waals surface area contributed by atoms with Gasteiger partial charge in [0, 0.05) is 12.3 Å². The first-order valence-electron chi connectivity index (χ1n) is 7.63. The predicted octanol–water partition coefficient (Wildman–Crippen LogP) is 4.57. The summed E-state index contributed by atoms with van der Waals surface area (Å²) >= 11 is 0. The third-order valence-corrected chi connectivity index (χ3v) is 4.54. The van der Waals surface area contributed by atoms with Gasteiger partial charge < -0.3 is 0 Å². The van der Waals surface area contributed by atoms with Gasteiger partial charge in [-0.1, -0.05) is 38.1 Å². The van der Waals surface area contributed by atoms with Crippen LogP contribution in [-0.2, 0) is 11.2 Å². The Morgan fingerprint density at radius 1 is 1.11 bits per heavy atom. The van der Waals surface area contributed by atoms with Gasteiger partial charge in [-0.2, -0.15) is 0 Å². The Hall–Kier alpha value is -1.11. The molecule has 0 saturated heterocycles. The summed E-state index contributed by atoms with van der Waals surface area (Å²) < 4.78 is 0. The molecule has 1 aromatic rings. The van der Waals surface area contributed by atoms with Gasteiger partial charge in [0.25, 0.3) is 0 Å². The summed E-state index contributed by atoms with van der Waals surface area (Å²) in [5, 5.41) is 0. The van der Waals surface area contributed by atoms with Crippen molar-refractivity contribution < 1.29 is 4.79 Å². The molecule has 0 radical (unpaired) electrons. The molecule has 1 nitrogen and oxygen atoms in total. The number of benzene rings is 1. The van der Waals surface area contributed by atoms with E-state index >= 15 is 0 Å². The first kappa shape index (κ1) is 14.3. The highest BCUT2D eigenvalue weighted by atomic mass is 16.1. The second-order valence-electron chi connectivity index (χ2n) is 6.51. The minimum absolute atomic E-state index is 0.322. The Balaban J connectivity index is 1.89. The first-order chi connectivity index (χ1) is 9.06. The maximum absolute atomic E-state index is 12.4. The Labute approximate surface area is 117 Å². The third kappa shape index (κ3) is 3.92. The standard InChI is InChI=1S/C18H26O/c1-13-10-14(2)12-17(11-13)18(19)9-8-16-7-5-4-6-15(16)3/h4-7,13-14,17H,8-12H2,1-3H3. The number of rotatable bonds is 4. The summed E-state index contributed by atoms with van der Waals surface area (Å²) in [7, 11) is 0. The molecule has 1 aromatic carbocycles. The van der Waals surface area contributed by atoms with Crippen LogP contribution in [0.15, 0.2) is 24.3 Å². The number of ketones is 1. The number of hydrogen-bond donors (Lipinski definition) is 0. The minimum Gasteiger partial charge on any atom is -0.299 e. The van der Waals surface area contributed by atoms with Crippen molar-refractivity contribution in [3.05, 3.63) is 35.4 Å². The van der Waals surface area contributed by atoms with E-state index in [4.69, 9.17) is 0 Å². The third-order valence-electron chi connectivity index (χ3n) is 4.54. The average molecular weight is 258 g/mol. The molecular weight excluding hydrogens is 232 g/mol. The Morgan fingerprint density at radius 2 is 1.74 bits per heavy atom. The average Bonchev–Trinajstić information content (AvgIpc) is 2.36. The largest absolute Gasteiger partial charge is 0.299 e. The Bertz CT molecular complexity index is 425. The van der Waals surface area contributed by atoms with E-state index < -0.39 is 0 Å². The monoisotopic (exact) mass is 258 g/mol. The zero-order valence-corrected chi connectivity index (χ0v) is 12.5. The summed E-state index contributed by atoms with van der Waals surface area (Å²) in [6.45, 7) is 6.71. The summed E-state index contributed by atoms with van der Waals surface area (Å²) in [4.78, 5) is 12.4. The van der Waals surface area contributed by atoms with Crippen molar-refractivity contribution in [2.45, 2.75) is 52.9 Å². The van der Waals surface area contributed by atoms with Crippen molar-refractivity contribution in [1.29, 1.82) is 0 Å². The van der Waals surface area contributed by atoms with Crippen molar-refractivity contribution in [1.82, 2.24) is 0 Å². The molecule has 0 aromatic heterocycles. The molecule has 2 unspecified atom stereocenters. The molecule has 104 valence electrons. The van der Waals surface area contributed by atoms with Gasteiger partial charge in [0.1, 0.15) is 5.78 Å². The van der Waals surface area contributed by atoms with E-state index in [-0.39, 0.29) is 0 Å². The number of aryl methyl sites for hydroxylation is 2. The molecule has 0 heterocycles. The van der Waals surface area contributed by atoms with Crippen molar-refractivity contribution in [3.8, 4) is 0 Å². The van der Waals surface area contributed by atoms with E-state index in [0.29, 0.717) is 11.7 Å². The summed E-state index contributed by atoms with van der Waals surface area (Å²) in [5.74, 6) is 2.25. The van der Waals surface area contributed by atoms with Crippen LogP contribution in [0, 0.1) is 24.7 Å². The van der Waals surface area contributed by atoms with Gasteiger partial charge in [-0.15, -0.1) is 0 Å². The molecule has 2 rings (SSSR count). The smallest absolute Gasteiger partial charge is 0.136 e. The van der Waals surface area contributed by atoms with E-state index in [1.807, 2.05) is 0 Å². The Kier molecular flexibility index (Phi) is 4.79. The SMILES string of the molecule is Cc1ccccc1CCC(=O)C1CC(C)CC(C)C1. The van der Waals surface area contributed by atoms with E-state index in [1.165, 1.54) is 17.5 Å². The lowest BCUT2D eigenvalue weighted by atomic mass is 9.74. The van der Waals surface area contributed by atoms with Crippen LogP contribution in [-0.4, -0.2) is 5.78 Å². The molecule has 0 N–H and O–H groups in total. The fourth-order valence-electron chi connectivity index (χ4n) is 3.56. The van der Waals surface area contributed by atoms with E-state index in [2.05, 4.69) is 45.0 Å². The van der Waals surface area contributed by atoms with Gasteiger partial charge >= 0.3 is 0 Å². The van der Waals surface area contributed by atoms with Gasteiger partial charge in [-0.3, -0.25) is 4.79 Å². The first-order valence-corrected chi connectivity index (χ1v) is 7.63. The summed E-state index contributed by atoms with van der Waals surface area (Å²) in [5.41, 5.74) is 2.63. The maximum atomic E-state index is 12.4. The molecule has 2 atom stereocenters. The van der Waals surface area contributed by atoms with Crippen molar-refractivity contribution >= 4 is 5.78 Å². The van der Waals surface area contributed by atoms with Crippen LogP contribution in [0.3, 0.4) is 0 Å². The van der Waals surface area contributed by atoms with Gasteiger partial charge in [0.05, 0.1) is 0 Å². The molecule has 0 amide bonds. The molecule has 19 heavy (non-hydrogen) atoms. The van der Waals surface area contributed by atoms with E-state index in [1.54, 1.807) is 0 Å². The van der Waals surface area contributed by atoms with Gasteiger partial charge in [0.15, 0.2) is 0 Å². The molecule has 1 fully saturated rings. The lowest BCUT2D eigenvalue weighted by molar-refractivity contribution is -0.124. The van der Waals surface area contributed by atoms with Crippen LogP contribution in [0.1, 0.15) is 50.7 Å². The van der Waals surface area contributed by atoms with Crippen LogP contribution >= 0.6 is 0 Å². The zero-order chi connectivity index (χ0) is 13.8. The highest BCUT2D eigenvalue weighted by molar-refractivity contribution is 5.81. The highest BCUT2D eigenvalue weighted by Gasteiger charge is 2.28. The van der Waals surface area contributed by atoms with Crippen molar-refractivity contribution in [2.24, 2.45) is 17.8 Å². The topological polar surface area (TPSA) is 17.1 Å². The van der Waals surface area contributed by atoms with E-state index in [9.17, 15) is 4.79 Å². The van der Waals surface area contributed by atoms with Crippen LogP contribution in [0.25, 0.3) is 0 Å². The zero-order valence-electron chi connectivity index (χ0n) is 12.5. The molecular formula is C18H26O. The molecule has 1 heteroatoms. The molecule has 0 aliphatic heterocycles. The number of hydrogen-bond acceptors (Lipinski definition) is 1. The Morgan fingerprint density at radius 3 is 2.37 bits per heavy atom. The number of carbonyl (C=O) groups excluding carboxylic acids is 1. The van der Waals surface area contributed by atoms with Crippen LogP contribution in [0.2, 0.25) is 0 Å². The van der Waals surface area contributed by atoms with Crippen LogP contribution < -0.4 is 0 Å². The number of carbonyl (C=O) groups is 1. The van der Waals surface area contributed by atoms with Gasteiger partial charge in [-0.05, 0) is 55.6 Å². The fraction of sp³-hybridized carbons (Fsp3) is 0.611. The maximum Gasteiger partial charge on any atom is 0.136 e.